The molecule has 0 bridgehead atoms. The smallest absolute Gasteiger partial charge is 0.224 e. The third-order valence-corrected chi connectivity index (χ3v) is 7.96. The number of rotatable bonds is 19. The van der Waals surface area contributed by atoms with Crippen LogP contribution in [0.4, 0.5) is 0 Å². The second kappa shape index (κ2) is 21.6. The Labute approximate surface area is 255 Å². The van der Waals surface area contributed by atoms with Crippen LogP contribution in [0, 0.1) is 34.5 Å². The summed E-state index contributed by atoms with van der Waals surface area (Å²) in [5, 5.41) is 20.7. The maximum absolute atomic E-state index is 12.9. The first-order chi connectivity index (χ1) is 20.2. The lowest BCUT2D eigenvalue weighted by molar-refractivity contribution is -0.138. The van der Waals surface area contributed by atoms with Crippen molar-refractivity contribution in [3.63, 3.8) is 0 Å². The number of amidine groups is 2. The largest absolute Gasteiger partial charge is 0.379 e. The van der Waals surface area contributed by atoms with Crippen LogP contribution in [-0.2, 0) is 23.7 Å². The SMILES string of the molecule is C#CCOCCOCCOCCOCCC(=O)N1CCCC2(CC(C(=N)N(C(C)=N)C(C)CNC(C)CC)C2)C1.CC. The first-order valence-corrected chi connectivity index (χ1v) is 15.9. The summed E-state index contributed by atoms with van der Waals surface area (Å²) in [6, 6.07) is 0.478. The number of carbonyl (C=O) groups excluding carboxylic acids is 1. The fraction of sp³-hybridized carbons (Fsp3) is 0.844. The second-order valence-electron chi connectivity index (χ2n) is 11.3. The molecule has 242 valence electrons. The van der Waals surface area contributed by atoms with Crippen LogP contribution >= 0.6 is 0 Å². The number of piperidine rings is 1. The number of hydrogen-bond acceptors (Lipinski definition) is 8. The summed E-state index contributed by atoms with van der Waals surface area (Å²) >= 11 is 0. The Morgan fingerprint density at radius 2 is 1.62 bits per heavy atom. The zero-order valence-electron chi connectivity index (χ0n) is 27.3. The van der Waals surface area contributed by atoms with Gasteiger partial charge in [-0.05, 0) is 58.3 Å². The molecule has 1 aliphatic heterocycles. The van der Waals surface area contributed by atoms with E-state index in [-0.39, 0.29) is 23.3 Å². The molecule has 2 rings (SSSR count). The van der Waals surface area contributed by atoms with E-state index in [0.29, 0.717) is 77.0 Å². The summed E-state index contributed by atoms with van der Waals surface area (Å²) in [6.45, 7) is 18.0. The zero-order valence-corrected chi connectivity index (χ0v) is 27.3. The van der Waals surface area contributed by atoms with Crippen molar-refractivity contribution >= 4 is 17.6 Å². The van der Waals surface area contributed by atoms with Crippen LogP contribution in [0.3, 0.4) is 0 Å². The van der Waals surface area contributed by atoms with Crippen LogP contribution in [0.5, 0.6) is 0 Å². The second-order valence-corrected chi connectivity index (χ2v) is 11.3. The lowest BCUT2D eigenvalue weighted by Crippen LogP contribution is -2.57. The van der Waals surface area contributed by atoms with E-state index in [4.69, 9.17) is 36.2 Å². The van der Waals surface area contributed by atoms with Gasteiger partial charge in [0.05, 0.1) is 58.5 Å². The van der Waals surface area contributed by atoms with Crippen molar-refractivity contribution in [2.75, 3.05) is 72.5 Å². The van der Waals surface area contributed by atoms with Crippen molar-refractivity contribution in [1.82, 2.24) is 15.1 Å². The molecule has 2 aliphatic rings. The number of ether oxygens (including phenoxy) is 4. The maximum Gasteiger partial charge on any atom is 0.224 e. The molecule has 1 spiro atoms. The molecule has 1 amide bonds. The van der Waals surface area contributed by atoms with Crippen LogP contribution in [-0.4, -0.2) is 112 Å². The van der Waals surface area contributed by atoms with Gasteiger partial charge in [0.2, 0.25) is 5.91 Å². The van der Waals surface area contributed by atoms with Crippen LogP contribution in [0.25, 0.3) is 0 Å². The van der Waals surface area contributed by atoms with Gasteiger partial charge >= 0.3 is 0 Å². The van der Waals surface area contributed by atoms with Crippen molar-refractivity contribution in [3.8, 4) is 12.3 Å². The van der Waals surface area contributed by atoms with Gasteiger partial charge in [-0.3, -0.25) is 15.6 Å². The van der Waals surface area contributed by atoms with Crippen molar-refractivity contribution in [2.24, 2.45) is 11.3 Å². The van der Waals surface area contributed by atoms with E-state index in [0.717, 1.165) is 51.7 Å². The summed E-state index contributed by atoms with van der Waals surface area (Å²) in [5.41, 5.74) is 0.106. The fourth-order valence-corrected chi connectivity index (χ4v) is 5.59. The highest BCUT2D eigenvalue weighted by atomic mass is 16.6. The molecule has 0 aromatic carbocycles. The van der Waals surface area contributed by atoms with Crippen molar-refractivity contribution in [3.05, 3.63) is 0 Å². The monoisotopic (exact) mass is 593 g/mol. The van der Waals surface area contributed by atoms with Gasteiger partial charge in [0.15, 0.2) is 0 Å². The van der Waals surface area contributed by atoms with E-state index in [1.165, 1.54) is 0 Å². The van der Waals surface area contributed by atoms with Crippen LogP contribution in [0.2, 0.25) is 0 Å². The topological polar surface area (TPSA) is 120 Å². The molecule has 0 aromatic heterocycles. The predicted octanol–water partition coefficient (Wildman–Crippen LogP) is 4.17. The molecule has 2 fully saturated rings. The van der Waals surface area contributed by atoms with E-state index in [9.17, 15) is 4.79 Å². The summed E-state index contributed by atoms with van der Waals surface area (Å²) in [5.74, 6) is 3.67. The molecule has 3 N–H and O–H groups in total. The molecule has 2 unspecified atom stereocenters. The molecule has 1 saturated carbocycles. The molecular formula is C32H59N5O5. The molecular weight excluding hydrogens is 534 g/mol. The van der Waals surface area contributed by atoms with Crippen LogP contribution < -0.4 is 5.32 Å². The maximum atomic E-state index is 12.9. The summed E-state index contributed by atoms with van der Waals surface area (Å²) in [6.07, 6.45) is 10.5. The Bertz CT molecular complexity index is 827. The minimum Gasteiger partial charge on any atom is -0.379 e. The van der Waals surface area contributed by atoms with Crippen LogP contribution in [0.15, 0.2) is 0 Å². The lowest BCUT2D eigenvalue weighted by atomic mass is 9.58. The Morgan fingerprint density at radius 3 is 2.17 bits per heavy atom. The first-order valence-electron chi connectivity index (χ1n) is 15.9. The number of hydrogen-bond donors (Lipinski definition) is 3. The van der Waals surface area contributed by atoms with Crippen molar-refractivity contribution < 1.29 is 23.7 Å². The highest BCUT2D eigenvalue weighted by Crippen LogP contribution is 2.52. The van der Waals surface area contributed by atoms with E-state index in [1.807, 2.05) is 23.6 Å². The molecule has 10 heteroatoms. The van der Waals surface area contributed by atoms with Gasteiger partial charge in [-0.2, -0.15) is 0 Å². The van der Waals surface area contributed by atoms with E-state index in [2.05, 4.69) is 32.0 Å². The Morgan fingerprint density at radius 1 is 1.05 bits per heavy atom. The molecule has 42 heavy (non-hydrogen) atoms. The Balaban J connectivity index is 0.00000431. The van der Waals surface area contributed by atoms with Crippen molar-refractivity contribution in [2.45, 2.75) is 92.2 Å². The highest BCUT2D eigenvalue weighted by molar-refractivity contribution is 5.98. The molecule has 10 nitrogen and oxygen atoms in total. The fourth-order valence-electron chi connectivity index (χ4n) is 5.59. The average Bonchev–Trinajstić information content (AvgIpc) is 2.97. The standard InChI is InChI=1S/C30H53N5O5.C2H6/c1-6-12-37-14-16-39-18-19-40-17-15-38-13-9-28(36)34-11-8-10-30(23-34)20-27(21-30)29(32)35(26(5)31)25(4)22-33-24(3)7-2;1-2/h1,24-25,27,31-33H,7-23H2,2-5H3;1-2H3. The highest BCUT2D eigenvalue weighted by Gasteiger charge is 2.49. The third-order valence-electron chi connectivity index (χ3n) is 7.96. The molecule has 1 saturated heterocycles. The van der Waals surface area contributed by atoms with E-state index >= 15 is 0 Å². The van der Waals surface area contributed by atoms with Crippen LogP contribution in [0.1, 0.15) is 80.1 Å². The Hall–Kier alpha value is -2.03. The number of terminal acetylenes is 1. The number of likely N-dealkylation sites (tertiary alicyclic amines) is 1. The molecule has 1 aliphatic carbocycles. The van der Waals surface area contributed by atoms with Crippen molar-refractivity contribution in [1.29, 1.82) is 10.8 Å². The Kier molecular flexibility index (Phi) is 19.6. The third kappa shape index (κ3) is 13.5. The summed E-state index contributed by atoms with van der Waals surface area (Å²) in [4.78, 5) is 16.7. The minimum absolute atomic E-state index is 0.0587. The predicted molar refractivity (Wildman–Crippen MR) is 169 cm³/mol. The number of nitrogens with zero attached hydrogens (tertiary/aromatic N) is 2. The molecule has 1 heterocycles. The molecule has 2 atom stereocenters. The molecule has 0 radical (unpaired) electrons. The minimum atomic E-state index is 0.0587. The molecule has 0 aromatic rings. The normalized spacial score (nSPS) is 21.0. The van der Waals surface area contributed by atoms with Gasteiger partial charge in [-0.25, -0.2) is 0 Å². The quantitative estimate of drug-likeness (QED) is 0.0890. The van der Waals surface area contributed by atoms with E-state index in [1.54, 1.807) is 6.92 Å². The van der Waals surface area contributed by atoms with Gasteiger partial charge in [0, 0.05) is 37.6 Å². The first kappa shape index (κ1) is 38.0. The zero-order chi connectivity index (χ0) is 31.4. The summed E-state index contributed by atoms with van der Waals surface area (Å²) in [7, 11) is 0. The number of nitrogens with one attached hydrogen (secondary N) is 3. The van der Waals surface area contributed by atoms with Gasteiger partial charge in [0.25, 0.3) is 0 Å². The van der Waals surface area contributed by atoms with Gasteiger partial charge in [-0.15, -0.1) is 6.42 Å². The average molecular weight is 594 g/mol. The summed E-state index contributed by atoms with van der Waals surface area (Å²) < 4.78 is 21.6. The number of amides is 1. The van der Waals surface area contributed by atoms with Gasteiger partial charge in [-0.1, -0.05) is 26.7 Å². The van der Waals surface area contributed by atoms with E-state index < -0.39 is 0 Å². The van der Waals surface area contributed by atoms with Gasteiger partial charge in [0.1, 0.15) is 12.4 Å². The number of carbonyl (C=O) groups is 1. The lowest BCUT2D eigenvalue weighted by Gasteiger charge is -2.54. The van der Waals surface area contributed by atoms with Gasteiger partial charge < -0.3 is 34.1 Å².